The van der Waals surface area contributed by atoms with Crippen LogP contribution in [0.15, 0.2) is 34.9 Å². The average molecular weight is 280 g/mol. The lowest BCUT2D eigenvalue weighted by atomic mass is 10.1. The first kappa shape index (κ1) is 13.3. The minimum Gasteiger partial charge on any atom is -0.399 e. The summed E-state index contributed by atoms with van der Waals surface area (Å²) in [6.45, 7) is 5.86. The fourth-order valence-corrected chi connectivity index (χ4v) is 2.34. The van der Waals surface area contributed by atoms with E-state index in [1.807, 2.05) is 51.1 Å². The molecule has 2 heterocycles. The molecule has 5 heteroatoms. The van der Waals surface area contributed by atoms with Crippen molar-refractivity contribution >= 4 is 5.69 Å². The van der Waals surface area contributed by atoms with Gasteiger partial charge in [0.1, 0.15) is 0 Å². The van der Waals surface area contributed by atoms with Crippen LogP contribution in [0.5, 0.6) is 0 Å². The van der Waals surface area contributed by atoms with Crippen molar-refractivity contribution in [3.63, 3.8) is 0 Å². The summed E-state index contributed by atoms with van der Waals surface area (Å²) in [7, 11) is 0. The number of nitrogens with two attached hydrogens (primary N) is 1. The van der Waals surface area contributed by atoms with Crippen LogP contribution in [0, 0.1) is 20.8 Å². The van der Waals surface area contributed by atoms with Gasteiger partial charge in [-0.1, -0.05) is 5.16 Å². The van der Waals surface area contributed by atoms with Gasteiger partial charge in [-0.05, 0) is 56.7 Å². The van der Waals surface area contributed by atoms with Crippen LogP contribution in [0.4, 0.5) is 5.69 Å². The number of nitrogens with zero attached hydrogens (tertiary/aromatic N) is 3. The Hall–Kier alpha value is -2.69. The zero-order chi connectivity index (χ0) is 15.0. The van der Waals surface area contributed by atoms with Gasteiger partial charge < -0.3 is 10.3 Å². The molecule has 0 spiro atoms. The van der Waals surface area contributed by atoms with E-state index in [9.17, 15) is 0 Å². The van der Waals surface area contributed by atoms with E-state index in [4.69, 9.17) is 10.3 Å². The van der Waals surface area contributed by atoms with E-state index in [1.165, 1.54) is 0 Å². The fraction of sp³-hybridized carbons (Fsp3) is 0.188. The molecule has 0 aliphatic rings. The number of aromatic nitrogens is 3. The maximum Gasteiger partial charge on any atom is 0.258 e. The minimum absolute atomic E-state index is 0.495. The Bertz CT molecular complexity index is 788. The van der Waals surface area contributed by atoms with Crippen LogP contribution in [0.1, 0.15) is 17.0 Å². The molecule has 3 aromatic rings. The van der Waals surface area contributed by atoms with E-state index in [2.05, 4.69) is 15.1 Å². The first-order valence-corrected chi connectivity index (χ1v) is 6.69. The average Bonchev–Trinajstić information content (AvgIpc) is 2.87. The Balaban J connectivity index is 2.03. The summed E-state index contributed by atoms with van der Waals surface area (Å²) >= 11 is 0. The van der Waals surface area contributed by atoms with E-state index in [0.29, 0.717) is 11.7 Å². The van der Waals surface area contributed by atoms with Crippen LogP contribution in [0.3, 0.4) is 0 Å². The van der Waals surface area contributed by atoms with E-state index >= 15 is 0 Å². The highest BCUT2D eigenvalue weighted by Gasteiger charge is 2.13. The van der Waals surface area contributed by atoms with Crippen LogP contribution in [-0.2, 0) is 0 Å². The molecule has 0 atom stereocenters. The van der Waals surface area contributed by atoms with Crippen molar-refractivity contribution in [3.8, 4) is 22.8 Å². The SMILES string of the molecule is Cc1cc(-c2noc(-c3ccc(N)cc3C)n2)cc(C)n1. The van der Waals surface area contributed by atoms with Crippen LogP contribution in [-0.4, -0.2) is 15.1 Å². The largest absolute Gasteiger partial charge is 0.399 e. The third-order valence-corrected chi connectivity index (χ3v) is 3.25. The van der Waals surface area contributed by atoms with Gasteiger partial charge in [-0.15, -0.1) is 0 Å². The van der Waals surface area contributed by atoms with Crippen LogP contribution >= 0.6 is 0 Å². The summed E-state index contributed by atoms with van der Waals surface area (Å²) in [5.74, 6) is 1.06. The predicted octanol–water partition coefficient (Wildman–Crippen LogP) is 3.31. The van der Waals surface area contributed by atoms with Gasteiger partial charge in [-0.3, -0.25) is 4.98 Å². The topological polar surface area (TPSA) is 77.8 Å². The van der Waals surface area contributed by atoms with Crippen molar-refractivity contribution in [1.82, 2.24) is 15.1 Å². The van der Waals surface area contributed by atoms with Gasteiger partial charge in [0.15, 0.2) is 0 Å². The van der Waals surface area contributed by atoms with Crippen molar-refractivity contribution in [3.05, 3.63) is 47.3 Å². The summed E-state index contributed by atoms with van der Waals surface area (Å²) in [6, 6.07) is 9.49. The molecular formula is C16H16N4O. The molecule has 0 radical (unpaired) electrons. The molecule has 2 aromatic heterocycles. The standard InChI is InChI=1S/C16H16N4O/c1-9-6-13(17)4-5-14(9)16-19-15(20-21-16)12-7-10(2)18-11(3)8-12/h4-8H,17H2,1-3H3. The molecular weight excluding hydrogens is 264 g/mol. The second-order valence-electron chi connectivity index (χ2n) is 5.14. The number of aryl methyl sites for hydroxylation is 3. The molecule has 0 saturated carbocycles. The van der Waals surface area contributed by atoms with E-state index in [0.717, 1.165) is 33.8 Å². The number of benzene rings is 1. The molecule has 106 valence electrons. The summed E-state index contributed by atoms with van der Waals surface area (Å²) in [5.41, 5.74) is 11.1. The Morgan fingerprint density at radius 3 is 2.33 bits per heavy atom. The van der Waals surface area contributed by atoms with E-state index in [1.54, 1.807) is 0 Å². The first-order valence-electron chi connectivity index (χ1n) is 6.69. The lowest BCUT2D eigenvalue weighted by molar-refractivity contribution is 0.432. The normalized spacial score (nSPS) is 10.8. The summed E-state index contributed by atoms with van der Waals surface area (Å²) in [4.78, 5) is 8.83. The molecule has 0 saturated heterocycles. The molecule has 0 aliphatic carbocycles. The maximum absolute atomic E-state index is 5.76. The van der Waals surface area contributed by atoms with Crippen LogP contribution in [0.25, 0.3) is 22.8 Å². The molecule has 0 unspecified atom stereocenters. The molecule has 0 bridgehead atoms. The smallest absolute Gasteiger partial charge is 0.258 e. The number of hydrogen-bond acceptors (Lipinski definition) is 5. The van der Waals surface area contributed by atoms with Crippen LogP contribution in [0.2, 0.25) is 0 Å². The van der Waals surface area contributed by atoms with Gasteiger partial charge in [-0.25, -0.2) is 0 Å². The lowest BCUT2D eigenvalue weighted by Crippen LogP contribution is -1.90. The zero-order valence-corrected chi connectivity index (χ0v) is 12.2. The fourth-order valence-electron chi connectivity index (χ4n) is 2.34. The Kier molecular flexibility index (Phi) is 3.17. The van der Waals surface area contributed by atoms with Crippen LogP contribution < -0.4 is 5.73 Å². The van der Waals surface area contributed by atoms with E-state index in [-0.39, 0.29) is 0 Å². The summed E-state index contributed by atoms with van der Waals surface area (Å²) in [5, 5.41) is 4.06. The van der Waals surface area contributed by atoms with Gasteiger partial charge in [0, 0.05) is 28.2 Å². The number of hydrogen-bond donors (Lipinski definition) is 1. The Morgan fingerprint density at radius 1 is 0.952 bits per heavy atom. The monoisotopic (exact) mass is 280 g/mol. The Labute approximate surface area is 122 Å². The molecule has 0 aliphatic heterocycles. The van der Waals surface area contributed by atoms with Crippen molar-refractivity contribution < 1.29 is 4.52 Å². The minimum atomic E-state index is 0.495. The molecule has 3 rings (SSSR count). The second-order valence-corrected chi connectivity index (χ2v) is 5.14. The molecule has 5 nitrogen and oxygen atoms in total. The quantitative estimate of drug-likeness (QED) is 0.729. The van der Waals surface area contributed by atoms with Gasteiger partial charge in [0.2, 0.25) is 5.82 Å². The lowest BCUT2D eigenvalue weighted by Gasteiger charge is -2.01. The van der Waals surface area contributed by atoms with Gasteiger partial charge in [0.25, 0.3) is 5.89 Å². The van der Waals surface area contributed by atoms with Crippen molar-refractivity contribution in [2.45, 2.75) is 20.8 Å². The predicted molar refractivity (Wildman–Crippen MR) is 81.6 cm³/mol. The highest BCUT2D eigenvalue weighted by Crippen LogP contribution is 2.26. The first-order chi connectivity index (χ1) is 10.0. The van der Waals surface area contributed by atoms with Crippen molar-refractivity contribution in [2.75, 3.05) is 5.73 Å². The number of rotatable bonds is 2. The number of pyridine rings is 1. The third-order valence-electron chi connectivity index (χ3n) is 3.25. The molecule has 0 fully saturated rings. The number of anilines is 1. The van der Waals surface area contributed by atoms with Crippen molar-refractivity contribution in [2.24, 2.45) is 0 Å². The number of nitrogen functional groups attached to an aromatic ring is 1. The molecule has 21 heavy (non-hydrogen) atoms. The molecule has 2 N–H and O–H groups in total. The van der Waals surface area contributed by atoms with Gasteiger partial charge in [0.05, 0.1) is 0 Å². The summed E-state index contributed by atoms with van der Waals surface area (Å²) in [6.07, 6.45) is 0. The Morgan fingerprint density at radius 2 is 1.67 bits per heavy atom. The highest BCUT2D eigenvalue weighted by molar-refractivity contribution is 5.65. The zero-order valence-electron chi connectivity index (χ0n) is 12.2. The maximum atomic E-state index is 5.76. The third kappa shape index (κ3) is 2.63. The van der Waals surface area contributed by atoms with Crippen molar-refractivity contribution in [1.29, 1.82) is 0 Å². The van der Waals surface area contributed by atoms with Gasteiger partial charge >= 0.3 is 0 Å². The molecule has 1 aromatic carbocycles. The van der Waals surface area contributed by atoms with Gasteiger partial charge in [-0.2, -0.15) is 4.98 Å². The second kappa shape index (κ2) is 5.01. The van der Waals surface area contributed by atoms with E-state index < -0.39 is 0 Å². The summed E-state index contributed by atoms with van der Waals surface area (Å²) < 4.78 is 5.38. The molecule has 0 amide bonds. The highest BCUT2D eigenvalue weighted by atomic mass is 16.5.